The second-order valence-corrected chi connectivity index (χ2v) is 7.41. The minimum Gasteiger partial charge on any atom is -0.507 e. The van der Waals surface area contributed by atoms with Crippen LogP contribution in [0.1, 0.15) is 42.9 Å². The number of aliphatic hydroxyl groups is 1. The number of nitrogens with zero attached hydrogens (tertiary/aromatic N) is 2. The van der Waals surface area contributed by atoms with Crippen molar-refractivity contribution in [3.8, 4) is 0 Å². The summed E-state index contributed by atoms with van der Waals surface area (Å²) in [5, 5.41) is 30.7. The third-order valence-corrected chi connectivity index (χ3v) is 5.30. The summed E-state index contributed by atoms with van der Waals surface area (Å²) in [7, 11) is 0. The maximum absolute atomic E-state index is 12.9. The van der Waals surface area contributed by atoms with Gasteiger partial charge in [0, 0.05) is 30.7 Å². The molecule has 1 heterocycles. The standard InChI is InChI=1S/C23H22N2O7/c26-18(27)9-5-2-6-14-24-20(15-10-12-17(13-11-15)25(31)32)19(22(29)23(24)30)21(28)16-7-3-1-4-8-16/h1,3-4,7-8,10-13,20,28H,2,5-6,9,14H2,(H,26,27). The number of benzene rings is 2. The molecular weight excluding hydrogens is 416 g/mol. The number of likely N-dealkylation sites (tertiary alicyclic amines) is 1. The molecule has 166 valence electrons. The Bertz CT molecular complexity index is 1060. The van der Waals surface area contributed by atoms with Gasteiger partial charge in [0.2, 0.25) is 0 Å². The number of carbonyl (C=O) groups excluding carboxylic acids is 2. The highest BCUT2D eigenvalue weighted by atomic mass is 16.6. The number of carbonyl (C=O) groups is 3. The number of carboxylic acid groups (broad SMARTS) is 1. The molecule has 0 radical (unpaired) electrons. The second-order valence-electron chi connectivity index (χ2n) is 7.41. The topological polar surface area (TPSA) is 138 Å². The molecule has 1 aliphatic rings. The summed E-state index contributed by atoms with van der Waals surface area (Å²) in [5.41, 5.74) is 0.611. The van der Waals surface area contributed by atoms with Crippen LogP contribution in [0.15, 0.2) is 60.2 Å². The lowest BCUT2D eigenvalue weighted by atomic mass is 9.95. The van der Waals surface area contributed by atoms with E-state index < -0.39 is 28.6 Å². The second kappa shape index (κ2) is 9.86. The molecular formula is C23H22N2O7. The van der Waals surface area contributed by atoms with Gasteiger partial charge in [0.15, 0.2) is 0 Å². The molecule has 0 spiro atoms. The summed E-state index contributed by atoms with van der Waals surface area (Å²) in [4.78, 5) is 48.2. The molecule has 1 unspecified atom stereocenters. The highest BCUT2D eigenvalue weighted by molar-refractivity contribution is 6.46. The lowest BCUT2D eigenvalue weighted by molar-refractivity contribution is -0.384. The van der Waals surface area contributed by atoms with Gasteiger partial charge in [-0.05, 0) is 30.5 Å². The fourth-order valence-corrected chi connectivity index (χ4v) is 3.72. The van der Waals surface area contributed by atoms with Crippen LogP contribution in [0.2, 0.25) is 0 Å². The maximum atomic E-state index is 12.9. The number of amides is 1. The molecule has 32 heavy (non-hydrogen) atoms. The van der Waals surface area contributed by atoms with Crippen LogP contribution in [0.5, 0.6) is 0 Å². The first kappa shape index (κ1) is 22.7. The van der Waals surface area contributed by atoms with E-state index in [1.807, 2.05) is 0 Å². The number of hydrogen-bond acceptors (Lipinski definition) is 6. The summed E-state index contributed by atoms with van der Waals surface area (Å²) in [6, 6.07) is 12.9. The Morgan fingerprint density at radius 3 is 2.22 bits per heavy atom. The van der Waals surface area contributed by atoms with Gasteiger partial charge in [0.1, 0.15) is 5.76 Å². The molecule has 0 aliphatic carbocycles. The Morgan fingerprint density at radius 1 is 0.969 bits per heavy atom. The molecule has 0 bridgehead atoms. The van der Waals surface area contributed by atoms with E-state index in [1.54, 1.807) is 30.3 Å². The van der Waals surface area contributed by atoms with Crippen molar-refractivity contribution in [2.24, 2.45) is 0 Å². The van der Waals surface area contributed by atoms with E-state index in [1.165, 1.54) is 29.2 Å². The van der Waals surface area contributed by atoms with Crippen molar-refractivity contribution in [2.45, 2.75) is 31.7 Å². The number of aliphatic hydroxyl groups excluding tert-OH is 1. The Balaban J connectivity index is 1.98. The third kappa shape index (κ3) is 4.83. The van der Waals surface area contributed by atoms with Gasteiger partial charge < -0.3 is 15.1 Å². The molecule has 1 amide bonds. The number of aliphatic carboxylic acids is 1. The van der Waals surface area contributed by atoms with Crippen LogP contribution in [0.4, 0.5) is 5.69 Å². The van der Waals surface area contributed by atoms with Crippen LogP contribution >= 0.6 is 0 Å². The molecule has 9 heteroatoms. The number of nitro benzene ring substituents is 1. The molecule has 2 N–H and O–H groups in total. The van der Waals surface area contributed by atoms with E-state index in [4.69, 9.17) is 5.11 Å². The highest BCUT2D eigenvalue weighted by Gasteiger charge is 2.45. The lowest BCUT2D eigenvalue weighted by Gasteiger charge is -2.25. The maximum Gasteiger partial charge on any atom is 0.303 e. The van der Waals surface area contributed by atoms with Crippen LogP contribution in [0, 0.1) is 10.1 Å². The van der Waals surface area contributed by atoms with Crippen LogP contribution in [-0.2, 0) is 14.4 Å². The van der Waals surface area contributed by atoms with Gasteiger partial charge in [-0.3, -0.25) is 24.5 Å². The molecule has 1 fully saturated rings. The van der Waals surface area contributed by atoms with Crippen LogP contribution in [-0.4, -0.2) is 44.2 Å². The number of non-ortho nitro benzene ring substituents is 1. The first-order valence-corrected chi connectivity index (χ1v) is 10.1. The van der Waals surface area contributed by atoms with Crippen molar-refractivity contribution in [3.63, 3.8) is 0 Å². The van der Waals surface area contributed by atoms with Crippen LogP contribution < -0.4 is 0 Å². The zero-order valence-corrected chi connectivity index (χ0v) is 17.1. The van der Waals surface area contributed by atoms with Crippen molar-refractivity contribution < 1.29 is 29.5 Å². The van der Waals surface area contributed by atoms with Gasteiger partial charge in [-0.1, -0.05) is 36.8 Å². The average molecular weight is 438 g/mol. The number of ketones is 1. The molecule has 1 atom stereocenters. The van der Waals surface area contributed by atoms with E-state index >= 15 is 0 Å². The van der Waals surface area contributed by atoms with Gasteiger partial charge >= 0.3 is 5.97 Å². The van der Waals surface area contributed by atoms with Crippen molar-refractivity contribution >= 4 is 29.1 Å². The van der Waals surface area contributed by atoms with Gasteiger partial charge in [-0.2, -0.15) is 0 Å². The summed E-state index contributed by atoms with van der Waals surface area (Å²) in [6.45, 7) is 0.178. The van der Waals surface area contributed by atoms with Crippen LogP contribution in [0.3, 0.4) is 0 Å². The fourth-order valence-electron chi connectivity index (χ4n) is 3.72. The molecule has 9 nitrogen and oxygen atoms in total. The monoisotopic (exact) mass is 438 g/mol. The summed E-state index contributed by atoms with van der Waals surface area (Å²) in [6.07, 6.45) is 1.46. The average Bonchev–Trinajstić information content (AvgIpc) is 3.03. The largest absolute Gasteiger partial charge is 0.507 e. The lowest BCUT2D eigenvalue weighted by Crippen LogP contribution is -2.30. The van der Waals surface area contributed by atoms with Gasteiger partial charge in [0.25, 0.3) is 17.4 Å². The molecule has 3 rings (SSSR count). The SMILES string of the molecule is O=C(O)CCCCCN1C(=O)C(=O)C(=C(O)c2ccccc2)C1c1ccc([N+](=O)[O-])cc1. The number of Topliss-reactive ketones (excluding diaryl/α,β-unsaturated/α-hetero) is 1. The molecule has 0 aromatic heterocycles. The van der Waals surface area contributed by atoms with Crippen molar-refractivity contribution in [1.82, 2.24) is 4.90 Å². The Kier molecular flexibility index (Phi) is 6.99. The number of unbranched alkanes of at least 4 members (excludes halogenated alkanes) is 2. The van der Waals surface area contributed by atoms with Gasteiger partial charge in [-0.25, -0.2) is 0 Å². The van der Waals surface area contributed by atoms with Crippen LogP contribution in [0.25, 0.3) is 5.76 Å². The Hall–Kier alpha value is -4.01. The predicted octanol–water partition coefficient (Wildman–Crippen LogP) is 3.66. The predicted molar refractivity (Wildman–Crippen MR) is 115 cm³/mol. The summed E-state index contributed by atoms with van der Waals surface area (Å²) < 4.78 is 0. The first-order chi connectivity index (χ1) is 15.3. The highest BCUT2D eigenvalue weighted by Crippen LogP contribution is 2.39. The van der Waals surface area contributed by atoms with E-state index in [0.717, 1.165) is 0 Å². The molecule has 2 aromatic rings. The minimum atomic E-state index is -0.907. The fraction of sp³-hybridized carbons (Fsp3) is 0.261. The zero-order valence-electron chi connectivity index (χ0n) is 17.1. The van der Waals surface area contributed by atoms with Crippen molar-refractivity contribution in [2.75, 3.05) is 6.54 Å². The molecule has 1 aliphatic heterocycles. The molecule has 2 aromatic carbocycles. The van der Waals surface area contributed by atoms with Gasteiger partial charge in [0.05, 0.1) is 16.5 Å². The molecule has 0 saturated carbocycles. The number of rotatable bonds is 9. The smallest absolute Gasteiger partial charge is 0.303 e. The first-order valence-electron chi connectivity index (χ1n) is 10.1. The summed E-state index contributed by atoms with van der Waals surface area (Å²) in [5.74, 6) is -2.83. The number of hydrogen-bond donors (Lipinski definition) is 2. The number of nitro groups is 1. The van der Waals surface area contributed by atoms with E-state index in [0.29, 0.717) is 30.4 Å². The quantitative estimate of drug-likeness (QED) is 0.152. The molecule has 1 saturated heterocycles. The Labute approximate surface area is 183 Å². The number of carboxylic acids is 1. The van der Waals surface area contributed by atoms with Crippen molar-refractivity contribution in [1.29, 1.82) is 0 Å². The minimum absolute atomic E-state index is 0.0125. The van der Waals surface area contributed by atoms with Gasteiger partial charge in [-0.15, -0.1) is 0 Å². The Morgan fingerprint density at radius 2 is 1.62 bits per heavy atom. The summed E-state index contributed by atoms with van der Waals surface area (Å²) >= 11 is 0. The van der Waals surface area contributed by atoms with Crippen molar-refractivity contribution in [3.05, 3.63) is 81.4 Å². The normalized spacial score (nSPS) is 17.5. The zero-order chi connectivity index (χ0) is 23.3. The van der Waals surface area contributed by atoms with E-state index in [2.05, 4.69) is 0 Å². The van der Waals surface area contributed by atoms with E-state index in [9.17, 15) is 29.6 Å². The van der Waals surface area contributed by atoms with E-state index in [-0.39, 0.29) is 30.0 Å². The third-order valence-electron chi connectivity index (χ3n) is 5.30.